The number of nitrogens with one attached hydrogen (secondary N) is 1. The number of ether oxygens (including phenoxy) is 1. The van der Waals surface area contributed by atoms with Crippen LogP contribution < -0.4 is 5.32 Å². The molecule has 142 valence electrons. The second-order valence-corrected chi connectivity index (χ2v) is 6.06. The third kappa shape index (κ3) is 6.81. The molecule has 27 heavy (non-hydrogen) atoms. The maximum absolute atomic E-state index is 11.9. The van der Waals surface area contributed by atoms with Crippen LogP contribution in [-0.2, 0) is 27.4 Å². The van der Waals surface area contributed by atoms with E-state index in [0.29, 0.717) is 0 Å². The number of aliphatic carboxylic acids is 2. The normalized spacial score (nSPS) is 12.6. The summed E-state index contributed by atoms with van der Waals surface area (Å²) in [5, 5.41) is 21.0. The van der Waals surface area contributed by atoms with Crippen molar-refractivity contribution in [2.45, 2.75) is 25.5 Å². The van der Waals surface area contributed by atoms with Crippen LogP contribution in [0.1, 0.15) is 17.5 Å². The van der Waals surface area contributed by atoms with E-state index in [0.717, 1.165) is 11.1 Å². The van der Waals surface area contributed by atoms with E-state index in [4.69, 9.17) is 4.74 Å². The van der Waals surface area contributed by atoms with Crippen LogP contribution in [0.2, 0.25) is 0 Å². The van der Waals surface area contributed by atoms with Crippen molar-refractivity contribution in [3.05, 3.63) is 71.8 Å². The molecule has 0 aromatic heterocycles. The number of carboxylic acids is 2. The summed E-state index contributed by atoms with van der Waals surface area (Å²) in [5.74, 6) is -3.39. The molecule has 0 saturated carbocycles. The fraction of sp³-hybridized carbons (Fsp3) is 0.250. The topological polar surface area (TPSA) is 113 Å². The smallest absolute Gasteiger partial charge is 0.408 e. The van der Waals surface area contributed by atoms with E-state index >= 15 is 0 Å². The van der Waals surface area contributed by atoms with Crippen molar-refractivity contribution in [3.63, 3.8) is 0 Å². The maximum atomic E-state index is 11.9. The van der Waals surface area contributed by atoms with Crippen LogP contribution in [0.15, 0.2) is 60.7 Å². The van der Waals surface area contributed by atoms with Gasteiger partial charge in [0.25, 0.3) is 0 Å². The van der Waals surface area contributed by atoms with Crippen LogP contribution in [0.5, 0.6) is 0 Å². The van der Waals surface area contributed by atoms with Crippen molar-refractivity contribution in [2.75, 3.05) is 0 Å². The second kappa shape index (κ2) is 9.96. The van der Waals surface area contributed by atoms with Gasteiger partial charge in [0, 0.05) is 0 Å². The van der Waals surface area contributed by atoms with Crippen molar-refractivity contribution in [3.8, 4) is 0 Å². The molecular formula is C20H21NO6. The van der Waals surface area contributed by atoms with Gasteiger partial charge in [-0.15, -0.1) is 0 Å². The highest BCUT2D eigenvalue weighted by molar-refractivity contribution is 5.81. The molecule has 0 heterocycles. The quantitative estimate of drug-likeness (QED) is 0.625. The number of hydrogen-bond acceptors (Lipinski definition) is 4. The minimum atomic E-state index is -1.36. The van der Waals surface area contributed by atoms with Crippen LogP contribution in [0.4, 0.5) is 4.79 Å². The summed E-state index contributed by atoms with van der Waals surface area (Å²) in [6.07, 6.45) is -0.990. The fourth-order valence-corrected chi connectivity index (χ4v) is 2.58. The lowest BCUT2D eigenvalue weighted by atomic mass is 9.93. The Balaban J connectivity index is 1.94. The summed E-state index contributed by atoms with van der Waals surface area (Å²) in [5.41, 5.74) is 1.53. The fourth-order valence-electron chi connectivity index (χ4n) is 2.58. The molecule has 0 spiro atoms. The molecule has 0 bridgehead atoms. The number of carbonyl (C=O) groups is 3. The lowest BCUT2D eigenvalue weighted by Crippen LogP contribution is -2.43. The third-order valence-corrected chi connectivity index (χ3v) is 4.00. The van der Waals surface area contributed by atoms with Crippen LogP contribution >= 0.6 is 0 Å². The number of alkyl carbamates (subject to hydrolysis) is 1. The van der Waals surface area contributed by atoms with E-state index < -0.39 is 30.0 Å². The Hall–Kier alpha value is -3.35. The molecule has 0 fully saturated rings. The first-order valence-electron chi connectivity index (χ1n) is 8.42. The summed E-state index contributed by atoms with van der Waals surface area (Å²) in [7, 11) is 0. The van der Waals surface area contributed by atoms with Gasteiger partial charge in [-0.3, -0.25) is 4.79 Å². The molecule has 2 aromatic rings. The largest absolute Gasteiger partial charge is 0.481 e. The first kappa shape index (κ1) is 20.0. The molecule has 1 unspecified atom stereocenters. The number of amides is 1. The summed E-state index contributed by atoms with van der Waals surface area (Å²) in [6.45, 7) is -0.00854. The summed E-state index contributed by atoms with van der Waals surface area (Å²) in [4.78, 5) is 34.9. The molecule has 0 aliphatic carbocycles. The molecule has 0 radical (unpaired) electrons. The van der Waals surface area contributed by atoms with Gasteiger partial charge < -0.3 is 20.3 Å². The van der Waals surface area contributed by atoms with E-state index in [9.17, 15) is 24.6 Å². The molecular weight excluding hydrogens is 350 g/mol. The van der Waals surface area contributed by atoms with Gasteiger partial charge in [0.15, 0.2) is 0 Å². The van der Waals surface area contributed by atoms with Crippen LogP contribution in [0.25, 0.3) is 0 Å². The van der Waals surface area contributed by atoms with Crippen LogP contribution in [-0.4, -0.2) is 34.3 Å². The lowest BCUT2D eigenvalue weighted by molar-refractivity contribution is -0.144. The average molecular weight is 371 g/mol. The number of hydrogen-bond donors (Lipinski definition) is 3. The lowest BCUT2D eigenvalue weighted by Gasteiger charge is -2.19. The maximum Gasteiger partial charge on any atom is 0.408 e. The second-order valence-electron chi connectivity index (χ2n) is 6.06. The van der Waals surface area contributed by atoms with E-state index in [1.807, 2.05) is 12.1 Å². The highest BCUT2D eigenvalue weighted by Crippen LogP contribution is 2.15. The van der Waals surface area contributed by atoms with Crippen molar-refractivity contribution in [2.24, 2.45) is 5.92 Å². The molecule has 1 amide bonds. The highest BCUT2D eigenvalue weighted by atomic mass is 16.5. The third-order valence-electron chi connectivity index (χ3n) is 4.00. The molecule has 3 N–H and O–H groups in total. The summed E-state index contributed by atoms with van der Waals surface area (Å²) in [6, 6.07) is 16.5. The van der Waals surface area contributed by atoms with Crippen LogP contribution in [0.3, 0.4) is 0 Å². The van der Waals surface area contributed by atoms with Gasteiger partial charge in [0.2, 0.25) is 0 Å². The van der Waals surface area contributed by atoms with E-state index in [1.54, 1.807) is 48.5 Å². The Bertz CT molecular complexity index is 763. The average Bonchev–Trinajstić information content (AvgIpc) is 2.66. The van der Waals surface area contributed by atoms with Gasteiger partial charge in [-0.05, 0) is 24.0 Å². The summed E-state index contributed by atoms with van der Waals surface area (Å²) >= 11 is 0. The minimum absolute atomic E-state index is 0.00854. The molecule has 7 heteroatoms. The molecule has 0 aliphatic heterocycles. The van der Waals surface area contributed by atoms with E-state index in [2.05, 4.69) is 5.32 Å². The number of benzene rings is 2. The van der Waals surface area contributed by atoms with Gasteiger partial charge in [-0.2, -0.15) is 0 Å². The predicted octanol–water partition coefficient (Wildman–Crippen LogP) is 2.70. The Morgan fingerprint density at radius 1 is 0.852 bits per heavy atom. The zero-order valence-electron chi connectivity index (χ0n) is 14.6. The number of rotatable bonds is 9. The van der Waals surface area contributed by atoms with E-state index in [-0.39, 0.29) is 19.4 Å². The predicted molar refractivity (Wildman–Crippen MR) is 97.1 cm³/mol. The Morgan fingerprint density at radius 3 is 1.93 bits per heavy atom. The summed E-state index contributed by atoms with van der Waals surface area (Å²) < 4.78 is 5.01. The van der Waals surface area contributed by atoms with Crippen molar-refractivity contribution >= 4 is 18.0 Å². The molecule has 2 atom stereocenters. The molecule has 2 rings (SSSR count). The van der Waals surface area contributed by atoms with Gasteiger partial charge in [-0.25, -0.2) is 9.59 Å². The standard InChI is InChI=1S/C20H21NO6/c22-18(23)16(11-14-7-3-1-4-8-14)12-17(19(24)25)21-20(26)27-13-15-9-5-2-6-10-15/h1-10,16-17H,11-13H2,(H,21,26)(H,22,23)(H,24,25)/t16?,17-/m0/s1. The van der Waals surface area contributed by atoms with Gasteiger partial charge >= 0.3 is 18.0 Å². The van der Waals surface area contributed by atoms with Crippen LogP contribution in [0, 0.1) is 5.92 Å². The highest BCUT2D eigenvalue weighted by Gasteiger charge is 2.29. The number of carbonyl (C=O) groups excluding carboxylic acids is 1. The van der Waals surface area contributed by atoms with Gasteiger partial charge in [0.05, 0.1) is 5.92 Å². The zero-order valence-corrected chi connectivity index (χ0v) is 14.6. The molecule has 0 saturated heterocycles. The van der Waals surface area contributed by atoms with Crippen molar-refractivity contribution in [1.82, 2.24) is 5.32 Å². The first-order valence-corrected chi connectivity index (χ1v) is 8.42. The van der Waals surface area contributed by atoms with Crippen molar-refractivity contribution < 1.29 is 29.3 Å². The zero-order chi connectivity index (χ0) is 19.6. The minimum Gasteiger partial charge on any atom is -0.481 e. The molecule has 0 aliphatic rings. The molecule has 7 nitrogen and oxygen atoms in total. The van der Waals surface area contributed by atoms with E-state index in [1.165, 1.54) is 0 Å². The van der Waals surface area contributed by atoms with Gasteiger partial charge in [0.1, 0.15) is 12.6 Å². The Kier molecular flexibility index (Phi) is 7.37. The SMILES string of the molecule is O=C(N[C@@H](CC(Cc1ccccc1)C(=O)O)C(=O)O)OCc1ccccc1. The van der Waals surface area contributed by atoms with Gasteiger partial charge in [-0.1, -0.05) is 60.7 Å². The Labute approximate surface area is 156 Å². The molecule has 2 aromatic carbocycles. The number of carboxylic acid groups (broad SMARTS) is 2. The van der Waals surface area contributed by atoms with Crippen molar-refractivity contribution in [1.29, 1.82) is 0 Å². The first-order chi connectivity index (χ1) is 13.0. The Morgan fingerprint density at radius 2 is 1.41 bits per heavy atom. The monoisotopic (exact) mass is 371 g/mol.